The molecular formula is C18H25FN6O2. The second-order valence-corrected chi connectivity index (χ2v) is 6.83. The van der Waals surface area contributed by atoms with Crippen LogP contribution in [0.5, 0.6) is 0 Å². The van der Waals surface area contributed by atoms with Crippen molar-refractivity contribution < 1.29 is 14.3 Å². The first-order valence-electron chi connectivity index (χ1n) is 9.00. The molecule has 1 aromatic carbocycles. The summed E-state index contributed by atoms with van der Waals surface area (Å²) in [6.07, 6.45) is 2.21. The SMILES string of the molecule is CN1[C@@H](CO)C[C@@H](CNC(=O)c2cn(CCN)nn2)[C@H]1c1ccccc1F. The number of nitrogens with zero attached hydrogens (tertiary/aromatic N) is 4. The molecule has 2 aromatic rings. The number of amides is 1. The normalized spacial score (nSPS) is 22.9. The summed E-state index contributed by atoms with van der Waals surface area (Å²) >= 11 is 0. The minimum absolute atomic E-state index is 0.0146. The van der Waals surface area contributed by atoms with Gasteiger partial charge in [0.25, 0.3) is 5.91 Å². The summed E-state index contributed by atoms with van der Waals surface area (Å²) in [5.74, 6) is -0.651. The number of aromatic nitrogens is 3. The summed E-state index contributed by atoms with van der Waals surface area (Å²) in [5, 5.41) is 20.2. The molecule has 3 atom stereocenters. The van der Waals surface area contributed by atoms with Crippen molar-refractivity contribution in [3.05, 3.63) is 47.5 Å². The molecule has 0 saturated carbocycles. The van der Waals surface area contributed by atoms with Crippen LogP contribution in [0.1, 0.15) is 28.5 Å². The third-order valence-electron chi connectivity index (χ3n) is 5.12. The zero-order chi connectivity index (χ0) is 19.4. The Hall–Kier alpha value is -2.36. The van der Waals surface area contributed by atoms with Gasteiger partial charge in [-0.15, -0.1) is 5.10 Å². The molecule has 2 heterocycles. The number of halogens is 1. The number of likely N-dealkylation sites (N-methyl/N-ethyl adjacent to an activating group) is 1. The van der Waals surface area contributed by atoms with Crippen molar-refractivity contribution in [1.82, 2.24) is 25.2 Å². The molecule has 1 aliphatic rings. The molecule has 1 amide bonds. The molecule has 4 N–H and O–H groups in total. The number of hydrogen-bond acceptors (Lipinski definition) is 6. The smallest absolute Gasteiger partial charge is 0.273 e. The summed E-state index contributed by atoms with van der Waals surface area (Å²) in [7, 11) is 1.87. The minimum Gasteiger partial charge on any atom is -0.395 e. The lowest BCUT2D eigenvalue weighted by molar-refractivity contribution is 0.0937. The lowest BCUT2D eigenvalue weighted by atomic mass is 9.92. The van der Waals surface area contributed by atoms with E-state index < -0.39 is 0 Å². The molecule has 3 rings (SSSR count). The number of aliphatic hydroxyl groups excluding tert-OH is 1. The highest BCUT2D eigenvalue weighted by atomic mass is 19.1. The Bertz CT molecular complexity index is 783. The molecule has 0 spiro atoms. The number of nitrogens with one attached hydrogen (secondary N) is 1. The fraction of sp³-hybridized carbons (Fsp3) is 0.500. The van der Waals surface area contributed by atoms with Crippen LogP contribution in [-0.4, -0.2) is 63.7 Å². The van der Waals surface area contributed by atoms with E-state index in [1.54, 1.807) is 24.4 Å². The van der Waals surface area contributed by atoms with Crippen LogP contribution in [0.4, 0.5) is 4.39 Å². The number of benzene rings is 1. The number of nitrogens with two attached hydrogens (primary N) is 1. The third kappa shape index (κ3) is 4.15. The van der Waals surface area contributed by atoms with Crippen LogP contribution in [0.2, 0.25) is 0 Å². The van der Waals surface area contributed by atoms with Crippen molar-refractivity contribution in [2.45, 2.75) is 25.0 Å². The van der Waals surface area contributed by atoms with Gasteiger partial charge in [-0.05, 0) is 25.5 Å². The number of carbonyl (C=O) groups is 1. The van der Waals surface area contributed by atoms with E-state index in [1.807, 2.05) is 11.9 Å². The van der Waals surface area contributed by atoms with Crippen LogP contribution < -0.4 is 11.1 Å². The highest BCUT2D eigenvalue weighted by molar-refractivity contribution is 5.91. The second kappa shape index (κ2) is 8.55. The average Bonchev–Trinajstić information content (AvgIpc) is 3.25. The molecule has 27 heavy (non-hydrogen) atoms. The number of rotatable bonds is 7. The second-order valence-electron chi connectivity index (χ2n) is 6.83. The molecule has 0 bridgehead atoms. The first-order valence-corrected chi connectivity index (χ1v) is 9.00. The van der Waals surface area contributed by atoms with E-state index >= 15 is 0 Å². The van der Waals surface area contributed by atoms with E-state index in [0.29, 0.717) is 31.6 Å². The van der Waals surface area contributed by atoms with Crippen molar-refractivity contribution in [2.24, 2.45) is 11.7 Å². The number of hydrogen-bond donors (Lipinski definition) is 3. The van der Waals surface area contributed by atoms with Crippen molar-refractivity contribution in [1.29, 1.82) is 0 Å². The van der Waals surface area contributed by atoms with E-state index in [9.17, 15) is 14.3 Å². The van der Waals surface area contributed by atoms with Crippen LogP contribution in [0, 0.1) is 11.7 Å². The van der Waals surface area contributed by atoms with Gasteiger partial charge in [0.15, 0.2) is 5.69 Å². The topological polar surface area (TPSA) is 109 Å². The largest absolute Gasteiger partial charge is 0.395 e. The maximum atomic E-state index is 14.4. The molecule has 1 aromatic heterocycles. The van der Waals surface area contributed by atoms with Crippen molar-refractivity contribution in [3.8, 4) is 0 Å². The molecule has 0 aliphatic carbocycles. The van der Waals surface area contributed by atoms with Gasteiger partial charge < -0.3 is 16.2 Å². The Labute approximate surface area is 157 Å². The molecule has 0 unspecified atom stereocenters. The van der Waals surface area contributed by atoms with Crippen LogP contribution >= 0.6 is 0 Å². The van der Waals surface area contributed by atoms with Gasteiger partial charge in [-0.2, -0.15) is 0 Å². The number of aliphatic hydroxyl groups is 1. The molecule has 146 valence electrons. The van der Waals surface area contributed by atoms with Gasteiger partial charge in [0, 0.05) is 30.7 Å². The van der Waals surface area contributed by atoms with Gasteiger partial charge in [-0.25, -0.2) is 4.39 Å². The van der Waals surface area contributed by atoms with Gasteiger partial charge >= 0.3 is 0 Å². The first-order chi connectivity index (χ1) is 13.0. The van der Waals surface area contributed by atoms with Gasteiger partial charge in [0.05, 0.1) is 19.3 Å². The highest BCUT2D eigenvalue weighted by Gasteiger charge is 2.40. The first kappa shape index (κ1) is 19.4. The lowest BCUT2D eigenvalue weighted by Gasteiger charge is -2.28. The zero-order valence-electron chi connectivity index (χ0n) is 15.3. The van der Waals surface area contributed by atoms with Crippen molar-refractivity contribution in [2.75, 3.05) is 26.7 Å². The average molecular weight is 376 g/mol. The molecule has 9 heteroatoms. The maximum absolute atomic E-state index is 14.4. The monoisotopic (exact) mass is 376 g/mol. The summed E-state index contributed by atoms with van der Waals surface area (Å²) in [4.78, 5) is 14.3. The third-order valence-corrected chi connectivity index (χ3v) is 5.12. The number of likely N-dealkylation sites (tertiary alicyclic amines) is 1. The fourth-order valence-electron chi connectivity index (χ4n) is 3.75. The van der Waals surface area contributed by atoms with Crippen molar-refractivity contribution >= 4 is 5.91 Å². The zero-order valence-corrected chi connectivity index (χ0v) is 15.3. The lowest BCUT2D eigenvalue weighted by Crippen LogP contribution is -2.34. The van der Waals surface area contributed by atoms with Crippen molar-refractivity contribution in [3.63, 3.8) is 0 Å². The Morgan fingerprint density at radius 1 is 1.44 bits per heavy atom. The van der Waals surface area contributed by atoms with E-state index in [2.05, 4.69) is 15.6 Å². The molecule has 1 fully saturated rings. The Morgan fingerprint density at radius 3 is 2.93 bits per heavy atom. The Kier molecular flexibility index (Phi) is 6.15. The summed E-state index contributed by atoms with van der Waals surface area (Å²) in [6, 6.07) is 6.33. The van der Waals surface area contributed by atoms with Crippen LogP contribution in [0.3, 0.4) is 0 Å². The van der Waals surface area contributed by atoms with Crippen LogP contribution in [0.25, 0.3) is 0 Å². The van der Waals surface area contributed by atoms with Gasteiger partial charge in [0.2, 0.25) is 0 Å². The number of carbonyl (C=O) groups excluding carboxylic acids is 1. The predicted octanol–water partition coefficient (Wildman–Crippen LogP) is 0.160. The fourth-order valence-corrected chi connectivity index (χ4v) is 3.75. The molecule has 1 saturated heterocycles. The molecule has 8 nitrogen and oxygen atoms in total. The van der Waals surface area contributed by atoms with Crippen LogP contribution in [-0.2, 0) is 6.54 Å². The predicted molar refractivity (Wildman–Crippen MR) is 97.3 cm³/mol. The van der Waals surface area contributed by atoms with Gasteiger partial charge in [-0.3, -0.25) is 14.4 Å². The maximum Gasteiger partial charge on any atom is 0.273 e. The molecule has 1 aliphatic heterocycles. The van der Waals surface area contributed by atoms with Gasteiger partial charge in [0.1, 0.15) is 5.82 Å². The Balaban J connectivity index is 1.71. The Morgan fingerprint density at radius 2 is 2.22 bits per heavy atom. The van der Waals surface area contributed by atoms with E-state index in [1.165, 1.54) is 10.7 Å². The minimum atomic E-state index is -0.333. The quantitative estimate of drug-likeness (QED) is 0.635. The summed E-state index contributed by atoms with van der Waals surface area (Å²) in [6.45, 7) is 1.23. The van der Waals surface area contributed by atoms with Gasteiger partial charge in [-0.1, -0.05) is 23.4 Å². The van der Waals surface area contributed by atoms with E-state index in [4.69, 9.17) is 5.73 Å². The molecule has 0 radical (unpaired) electrons. The highest BCUT2D eigenvalue weighted by Crippen LogP contribution is 2.40. The molecular weight excluding hydrogens is 351 g/mol. The van der Waals surface area contributed by atoms with E-state index in [-0.39, 0.29) is 42.0 Å². The van der Waals surface area contributed by atoms with E-state index in [0.717, 1.165) is 0 Å². The summed E-state index contributed by atoms with van der Waals surface area (Å²) in [5.41, 5.74) is 6.26. The summed E-state index contributed by atoms with van der Waals surface area (Å²) < 4.78 is 15.9. The van der Waals surface area contributed by atoms with Crippen LogP contribution in [0.15, 0.2) is 30.5 Å². The standard InChI is InChI=1S/C18H25FN6O2/c1-24-13(11-26)8-12(17(24)14-4-2-3-5-15(14)19)9-21-18(27)16-10-25(7-6-20)23-22-16/h2-5,10,12-13,17,26H,6-9,11,20H2,1H3,(H,21,27)/t12-,13+,17-/m0/s1.